The number of benzene rings is 2. The molecule has 1 aliphatic rings. The molecule has 1 fully saturated rings. The number of methoxy groups -OCH3 is 1. The van der Waals surface area contributed by atoms with Crippen molar-refractivity contribution in [2.45, 2.75) is 19.8 Å². The maximum atomic E-state index is 12.3. The third-order valence-electron chi connectivity index (χ3n) is 4.83. The Bertz CT molecular complexity index is 832. The van der Waals surface area contributed by atoms with Crippen LogP contribution in [0.4, 0.5) is 5.69 Å². The lowest BCUT2D eigenvalue weighted by Gasteiger charge is -2.29. The lowest BCUT2D eigenvalue weighted by Crippen LogP contribution is -2.38. The molecule has 0 spiro atoms. The average molecular weight is 437 g/mol. The Kier molecular flexibility index (Phi) is 8.96. The number of rotatable bonds is 6. The summed E-state index contributed by atoms with van der Waals surface area (Å²) in [5, 5.41) is 0.672. The first kappa shape index (κ1) is 23.2. The molecule has 2 aromatic rings. The number of aliphatic imine (C=N–C) groups is 1. The third-order valence-corrected chi connectivity index (χ3v) is 5.08. The minimum absolute atomic E-state index is 0. The van der Waals surface area contributed by atoms with Gasteiger partial charge in [0.2, 0.25) is 0 Å². The fraction of sp³-hybridized carbons (Fsp3) is 0.364. The molecule has 1 aliphatic heterocycles. The van der Waals surface area contributed by atoms with Crippen LogP contribution in [0.1, 0.15) is 25.3 Å². The molecule has 0 N–H and O–H groups in total. The zero-order chi connectivity index (χ0) is 19.9. The molecule has 5 nitrogen and oxygen atoms in total. The number of nitrogens with zero attached hydrogens (tertiary/aromatic N) is 2. The van der Waals surface area contributed by atoms with E-state index in [1.807, 2.05) is 18.2 Å². The Morgan fingerprint density at radius 2 is 1.86 bits per heavy atom. The molecule has 0 bridgehead atoms. The first-order valence-corrected chi connectivity index (χ1v) is 9.82. The van der Waals surface area contributed by atoms with Crippen LogP contribution in [0.3, 0.4) is 0 Å². The molecule has 0 atom stereocenters. The molecule has 0 aromatic heterocycles. The van der Waals surface area contributed by atoms with Gasteiger partial charge in [-0.3, -0.25) is 14.7 Å². The molecule has 29 heavy (non-hydrogen) atoms. The van der Waals surface area contributed by atoms with E-state index < -0.39 is 0 Å². The lowest BCUT2D eigenvalue weighted by atomic mass is 9.99. The molecule has 156 valence electrons. The number of hydrogen-bond donors (Lipinski definition) is 0. The van der Waals surface area contributed by atoms with Gasteiger partial charge in [0.05, 0.1) is 19.3 Å². The molecule has 1 saturated heterocycles. The van der Waals surface area contributed by atoms with Crippen molar-refractivity contribution in [1.82, 2.24) is 4.90 Å². The van der Waals surface area contributed by atoms with Gasteiger partial charge in [0.15, 0.2) is 11.5 Å². The second-order valence-electron chi connectivity index (χ2n) is 7.08. The average Bonchev–Trinajstić information content (AvgIpc) is 2.70. The highest BCUT2D eigenvalue weighted by Gasteiger charge is 2.19. The number of ether oxygens (including phenoxy) is 2. The SMILES string of the molecule is COc1cc(C=Nc2ccc(Cl)cc2)ccc1OC(=O)CN1CCC(C)CC1.Cl. The van der Waals surface area contributed by atoms with Crippen LogP contribution in [0.5, 0.6) is 11.5 Å². The number of likely N-dealkylation sites (tertiary alicyclic amines) is 1. The van der Waals surface area contributed by atoms with Gasteiger partial charge in [-0.15, -0.1) is 12.4 Å². The fourth-order valence-electron chi connectivity index (χ4n) is 3.08. The number of esters is 1. The summed E-state index contributed by atoms with van der Waals surface area (Å²) in [7, 11) is 1.55. The van der Waals surface area contributed by atoms with E-state index in [4.69, 9.17) is 21.1 Å². The number of carbonyl (C=O) groups excluding carboxylic acids is 1. The van der Waals surface area contributed by atoms with Crippen LogP contribution >= 0.6 is 24.0 Å². The van der Waals surface area contributed by atoms with Crippen LogP contribution in [0.2, 0.25) is 5.02 Å². The maximum absolute atomic E-state index is 12.3. The van der Waals surface area contributed by atoms with Gasteiger partial charge in [0.25, 0.3) is 0 Å². The molecule has 0 amide bonds. The molecule has 0 saturated carbocycles. The summed E-state index contributed by atoms with van der Waals surface area (Å²) in [6.45, 7) is 4.43. The van der Waals surface area contributed by atoms with Gasteiger partial charge in [0.1, 0.15) is 0 Å². The first-order chi connectivity index (χ1) is 13.5. The summed E-state index contributed by atoms with van der Waals surface area (Å²) in [5.74, 6) is 1.38. The highest BCUT2D eigenvalue weighted by molar-refractivity contribution is 6.30. The number of carbonyl (C=O) groups is 1. The van der Waals surface area contributed by atoms with Crippen LogP contribution in [-0.4, -0.2) is 43.8 Å². The predicted octanol–water partition coefficient (Wildman–Crippen LogP) is 5.16. The molecule has 0 radical (unpaired) electrons. The van der Waals surface area contributed by atoms with Crippen molar-refractivity contribution >= 4 is 41.9 Å². The minimum atomic E-state index is -0.268. The molecule has 7 heteroatoms. The summed E-state index contributed by atoms with van der Waals surface area (Å²) < 4.78 is 10.9. The van der Waals surface area contributed by atoms with Crippen molar-refractivity contribution in [1.29, 1.82) is 0 Å². The topological polar surface area (TPSA) is 51.1 Å². The highest BCUT2D eigenvalue weighted by Crippen LogP contribution is 2.28. The Labute approximate surface area is 183 Å². The van der Waals surface area contributed by atoms with Gasteiger partial charge in [-0.25, -0.2) is 0 Å². The van der Waals surface area contributed by atoms with Gasteiger partial charge in [-0.05, 0) is 79.9 Å². The van der Waals surface area contributed by atoms with Crippen molar-refractivity contribution in [3.8, 4) is 11.5 Å². The van der Waals surface area contributed by atoms with Crippen LogP contribution < -0.4 is 9.47 Å². The summed E-state index contributed by atoms with van der Waals surface area (Å²) in [5.41, 5.74) is 1.64. The largest absolute Gasteiger partial charge is 0.493 e. The predicted molar refractivity (Wildman–Crippen MR) is 119 cm³/mol. The van der Waals surface area contributed by atoms with Gasteiger partial charge in [-0.2, -0.15) is 0 Å². The number of piperidine rings is 1. The lowest BCUT2D eigenvalue weighted by molar-refractivity contribution is -0.136. The molecule has 2 aromatic carbocycles. The van der Waals surface area contributed by atoms with Crippen LogP contribution in [0.15, 0.2) is 47.5 Å². The summed E-state index contributed by atoms with van der Waals surface area (Å²) >= 11 is 5.88. The molecular weight excluding hydrogens is 411 g/mol. The first-order valence-electron chi connectivity index (χ1n) is 9.44. The van der Waals surface area contributed by atoms with E-state index in [0.717, 1.165) is 43.1 Å². The summed E-state index contributed by atoms with van der Waals surface area (Å²) in [6.07, 6.45) is 3.97. The van der Waals surface area contributed by atoms with Crippen molar-refractivity contribution < 1.29 is 14.3 Å². The Morgan fingerprint density at radius 3 is 2.52 bits per heavy atom. The van der Waals surface area contributed by atoms with Gasteiger partial charge < -0.3 is 9.47 Å². The second-order valence-corrected chi connectivity index (χ2v) is 7.51. The van der Waals surface area contributed by atoms with Gasteiger partial charge in [0, 0.05) is 11.2 Å². The maximum Gasteiger partial charge on any atom is 0.325 e. The van der Waals surface area contributed by atoms with E-state index >= 15 is 0 Å². The van der Waals surface area contributed by atoms with E-state index in [2.05, 4.69) is 16.8 Å². The zero-order valence-electron chi connectivity index (χ0n) is 16.6. The molecule has 1 heterocycles. The van der Waals surface area contributed by atoms with Crippen LogP contribution in [0, 0.1) is 5.92 Å². The van der Waals surface area contributed by atoms with Crippen molar-refractivity contribution in [2.24, 2.45) is 10.9 Å². The minimum Gasteiger partial charge on any atom is -0.493 e. The Hall–Kier alpha value is -2.08. The Morgan fingerprint density at radius 1 is 1.17 bits per heavy atom. The molecular formula is C22H26Cl2N2O3. The van der Waals surface area contributed by atoms with E-state index in [1.54, 1.807) is 37.6 Å². The molecule has 0 aliphatic carbocycles. The van der Waals surface area contributed by atoms with E-state index in [1.165, 1.54) is 0 Å². The van der Waals surface area contributed by atoms with E-state index in [0.29, 0.717) is 23.1 Å². The normalized spacial score (nSPS) is 15.1. The van der Waals surface area contributed by atoms with Crippen LogP contribution in [-0.2, 0) is 4.79 Å². The summed E-state index contributed by atoms with van der Waals surface area (Å²) in [6, 6.07) is 12.6. The van der Waals surface area contributed by atoms with E-state index in [-0.39, 0.29) is 18.4 Å². The standard InChI is InChI=1S/C22H25ClN2O3.ClH/c1-16-9-11-25(12-10-16)15-22(26)28-20-8-3-17(13-21(20)27-2)14-24-19-6-4-18(23)5-7-19;/h3-8,13-14,16H,9-12,15H2,1-2H3;1H. The number of halogens is 2. The smallest absolute Gasteiger partial charge is 0.325 e. The van der Waals surface area contributed by atoms with Crippen molar-refractivity contribution in [2.75, 3.05) is 26.7 Å². The summed E-state index contributed by atoms with van der Waals surface area (Å²) in [4.78, 5) is 18.9. The zero-order valence-corrected chi connectivity index (χ0v) is 18.2. The molecule has 0 unspecified atom stereocenters. The Balaban J connectivity index is 0.00000300. The van der Waals surface area contributed by atoms with Gasteiger partial charge >= 0.3 is 5.97 Å². The van der Waals surface area contributed by atoms with Gasteiger partial charge in [-0.1, -0.05) is 18.5 Å². The highest BCUT2D eigenvalue weighted by atomic mass is 35.5. The van der Waals surface area contributed by atoms with Crippen LogP contribution in [0.25, 0.3) is 0 Å². The number of hydrogen-bond acceptors (Lipinski definition) is 5. The van der Waals surface area contributed by atoms with E-state index in [9.17, 15) is 4.79 Å². The quantitative estimate of drug-likeness (QED) is 0.356. The fourth-order valence-corrected chi connectivity index (χ4v) is 3.21. The second kappa shape index (κ2) is 11.2. The third kappa shape index (κ3) is 7.03. The van der Waals surface area contributed by atoms with Crippen molar-refractivity contribution in [3.63, 3.8) is 0 Å². The van der Waals surface area contributed by atoms with Crippen molar-refractivity contribution in [3.05, 3.63) is 53.1 Å². The molecule has 3 rings (SSSR count). The monoisotopic (exact) mass is 436 g/mol.